The Morgan fingerprint density at radius 3 is 3.15 bits per heavy atom. The first-order valence-electron chi connectivity index (χ1n) is 5.99. The molecular formula is C12H12N6OS. The van der Waals surface area contributed by atoms with Crippen LogP contribution in [0.4, 0.5) is 10.8 Å². The van der Waals surface area contributed by atoms with Crippen molar-refractivity contribution in [3.8, 4) is 0 Å². The van der Waals surface area contributed by atoms with E-state index in [0.29, 0.717) is 23.8 Å². The normalized spacial score (nSPS) is 10.8. The fraction of sp³-hybridized carbons (Fsp3) is 0.167. The highest BCUT2D eigenvalue weighted by atomic mass is 32.1. The Balaban J connectivity index is 1.65. The molecule has 0 atom stereocenters. The molecule has 0 aliphatic rings. The molecule has 0 spiro atoms. The van der Waals surface area contributed by atoms with E-state index in [4.69, 9.17) is 5.73 Å². The number of nitrogens with two attached hydrogens (primary N) is 1. The van der Waals surface area contributed by atoms with Gasteiger partial charge in [0, 0.05) is 12.1 Å². The maximum atomic E-state index is 11.8. The van der Waals surface area contributed by atoms with E-state index in [1.165, 1.54) is 17.7 Å². The van der Waals surface area contributed by atoms with Crippen molar-refractivity contribution in [2.45, 2.75) is 13.0 Å². The van der Waals surface area contributed by atoms with Crippen LogP contribution >= 0.6 is 11.3 Å². The third kappa shape index (κ3) is 2.75. The molecule has 3 N–H and O–H groups in total. The third-order valence-electron chi connectivity index (χ3n) is 2.69. The molecule has 0 unspecified atom stereocenters. The lowest BCUT2D eigenvalue weighted by atomic mass is 10.3. The first-order valence-corrected chi connectivity index (χ1v) is 6.81. The number of fused-ring (bicyclic) bond motifs is 1. The summed E-state index contributed by atoms with van der Waals surface area (Å²) in [4.78, 5) is 20.0. The summed E-state index contributed by atoms with van der Waals surface area (Å²) < 4.78 is 2.56. The molecule has 0 saturated carbocycles. The molecule has 102 valence electrons. The summed E-state index contributed by atoms with van der Waals surface area (Å²) >= 11 is 1.41. The summed E-state index contributed by atoms with van der Waals surface area (Å²) in [6.07, 6.45) is 3.34. The second-order valence-corrected chi connectivity index (χ2v) is 5.23. The zero-order chi connectivity index (χ0) is 13.9. The van der Waals surface area contributed by atoms with Crippen LogP contribution in [0.25, 0.3) is 10.2 Å². The molecule has 8 heteroatoms. The van der Waals surface area contributed by atoms with Crippen LogP contribution in [0.15, 0.2) is 30.9 Å². The lowest BCUT2D eigenvalue weighted by molar-refractivity contribution is -0.116. The largest absolute Gasteiger partial charge is 0.399 e. The Bertz CT molecular complexity index is 736. The fourth-order valence-corrected chi connectivity index (χ4v) is 2.67. The maximum Gasteiger partial charge on any atom is 0.228 e. The summed E-state index contributed by atoms with van der Waals surface area (Å²) in [5.41, 5.74) is 7.23. The standard InChI is InChI=1S/C12H12N6OS/c13-8-1-2-9-10(5-8)20-12(16-9)17-11(19)3-4-18-7-14-6-15-18/h1-2,5-7H,3-4,13H2,(H,16,17,19). The number of nitrogens with zero attached hydrogens (tertiary/aromatic N) is 4. The topological polar surface area (TPSA) is 98.7 Å². The molecule has 1 amide bonds. The summed E-state index contributed by atoms with van der Waals surface area (Å²) in [7, 11) is 0. The molecule has 3 aromatic rings. The number of hydrogen-bond acceptors (Lipinski definition) is 6. The second-order valence-electron chi connectivity index (χ2n) is 4.20. The molecule has 1 aromatic carbocycles. The van der Waals surface area contributed by atoms with Crippen molar-refractivity contribution >= 4 is 38.3 Å². The number of aryl methyl sites for hydroxylation is 1. The van der Waals surface area contributed by atoms with Crippen molar-refractivity contribution in [1.29, 1.82) is 0 Å². The first-order chi connectivity index (χ1) is 9.70. The minimum absolute atomic E-state index is 0.104. The van der Waals surface area contributed by atoms with Gasteiger partial charge in [0.05, 0.1) is 16.8 Å². The van der Waals surface area contributed by atoms with Crippen LogP contribution in [0.5, 0.6) is 0 Å². The van der Waals surface area contributed by atoms with Crippen LogP contribution in [0.1, 0.15) is 6.42 Å². The summed E-state index contributed by atoms with van der Waals surface area (Å²) in [5.74, 6) is -0.104. The number of nitrogens with one attached hydrogen (secondary N) is 1. The molecule has 0 radical (unpaired) electrons. The van der Waals surface area contributed by atoms with Gasteiger partial charge in [0.25, 0.3) is 0 Å². The van der Waals surface area contributed by atoms with E-state index in [-0.39, 0.29) is 5.91 Å². The molecule has 2 heterocycles. The summed E-state index contributed by atoms with van der Waals surface area (Å²) in [5, 5.41) is 7.30. The molecule has 20 heavy (non-hydrogen) atoms. The molecule has 0 fully saturated rings. The predicted octanol–water partition coefficient (Wildman–Crippen LogP) is 1.50. The van der Waals surface area contributed by atoms with Gasteiger partial charge >= 0.3 is 0 Å². The van der Waals surface area contributed by atoms with Gasteiger partial charge < -0.3 is 11.1 Å². The minimum Gasteiger partial charge on any atom is -0.399 e. The molecule has 0 aliphatic carbocycles. The lowest BCUT2D eigenvalue weighted by Crippen LogP contribution is -2.14. The molecule has 7 nitrogen and oxygen atoms in total. The van der Waals surface area contributed by atoms with E-state index >= 15 is 0 Å². The van der Waals surface area contributed by atoms with Gasteiger partial charge in [-0.05, 0) is 18.2 Å². The highest BCUT2D eigenvalue weighted by molar-refractivity contribution is 7.22. The lowest BCUT2D eigenvalue weighted by Gasteiger charge is -2.01. The number of amides is 1. The quantitative estimate of drug-likeness (QED) is 0.709. The molecular weight excluding hydrogens is 276 g/mol. The van der Waals surface area contributed by atoms with Crippen molar-refractivity contribution in [2.24, 2.45) is 0 Å². The Morgan fingerprint density at radius 1 is 1.45 bits per heavy atom. The molecule has 0 bridgehead atoms. The van der Waals surface area contributed by atoms with Gasteiger partial charge in [0.1, 0.15) is 12.7 Å². The van der Waals surface area contributed by atoms with E-state index in [2.05, 4.69) is 20.4 Å². The number of anilines is 2. The first kappa shape index (κ1) is 12.5. The van der Waals surface area contributed by atoms with Gasteiger partial charge in [-0.25, -0.2) is 9.97 Å². The second kappa shape index (κ2) is 5.25. The van der Waals surface area contributed by atoms with Gasteiger partial charge in [0.2, 0.25) is 5.91 Å². The number of rotatable bonds is 4. The number of thiazole rings is 1. The minimum atomic E-state index is -0.104. The van der Waals surface area contributed by atoms with Crippen LogP contribution < -0.4 is 11.1 Å². The predicted molar refractivity (Wildman–Crippen MR) is 77.3 cm³/mol. The fourth-order valence-electron chi connectivity index (χ4n) is 1.74. The SMILES string of the molecule is Nc1ccc2nc(NC(=O)CCn3cncn3)sc2c1. The van der Waals surface area contributed by atoms with Crippen molar-refractivity contribution in [2.75, 3.05) is 11.1 Å². The number of nitrogen functional groups attached to an aromatic ring is 1. The zero-order valence-electron chi connectivity index (χ0n) is 10.5. The number of carbonyl (C=O) groups is 1. The smallest absolute Gasteiger partial charge is 0.228 e. The zero-order valence-corrected chi connectivity index (χ0v) is 11.3. The van der Waals surface area contributed by atoms with E-state index in [9.17, 15) is 4.79 Å². The van der Waals surface area contributed by atoms with E-state index in [0.717, 1.165) is 10.2 Å². The summed E-state index contributed by atoms with van der Waals surface area (Å²) in [6.45, 7) is 0.490. The van der Waals surface area contributed by atoms with Crippen molar-refractivity contribution in [1.82, 2.24) is 19.7 Å². The van der Waals surface area contributed by atoms with Gasteiger partial charge in [-0.2, -0.15) is 5.10 Å². The van der Waals surface area contributed by atoms with E-state index < -0.39 is 0 Å². The highest BCUT2D eigenvalue weighted by Crippen LogP contribution is 2.27. The van der Waals surface area contributed by atoms with Gasteiger partial charge in [0.15, 0.2) is 5.13 Å². The number of carbonyl (C=O) groups excluding carboxylic acids is 1. The van der Waals surface area contributed by atoms with Crippen molar-refractivity contribution < 1.29 is 4.79 Å². The van der Waals surface area contributed by atoms with Crippen molar-refractivity contribution in [3.05, 3.63) is 30.9 Å². The van der Waals surface area contributed by atoms with Crippen LogP contribution in [-0.4, -0.2) is 25.7 Å². The average Bonchev–Trinajstić information content (AvgIpc) is 3.04. The number of aromatic nitrogens is 4. The van der Waals surface area contributed by atoms with Gasteiger partial charge in [-0.15, -0.1) is 0 Å². The Labute approximate surface area is 118 Å². The van der Waals surface area contributed by atoms with Gasteiger partial charge in [-0.3, -0.25) is 9.48 Å². The highest BCUT2D eigenvalue weighted by Gasteiger charge is 2.08. The monoisotopic (exact) mass is 288 g/mol. The van der Waals surface area contributed by atoms with E-state index in [1.54, 1.807) is 17.1 Å². The Morgan fingerprint density at radius 2 is 2.35 bits per heavy atom. The molecule has 0 aliphatic heterocycles. The van der Waals surface area contributed by atoms with Gasteiger partial charge in [-0.1, -0.05) is 11.3 Å². The number of hydrogen-bond donors (Lipinski definition) is 2. The van der Waals surface area contributed by atoms with Crippen LogP contribution in [0.3, 0.4) is 0 Å². The van der Waals surface area contributed by atoms with Crippen LogP contribution in [-0.2, 0) is 11.3 Å². The average molecular weight is 288 g/mol. The number of benzene rings is 1. The summed E-state index contributed by atoms with van der Waals surface area (Å²) in [6, 6.07) is 5.47. The van der Waals surface area contributed by atoms with Crippen molar-refractivity contribution in [3.63, 3.8) is 0 Å². The third-order valence-corrected chi connectivity index (χ3v) is 3.63. The molecule has 0 saturated heterocycles. The molecule has 2 aromatic heterocycles. The van der Waals surface area contributed by atoms with E-state index in [1.807, 2.05) is 12.1 Å². The maximum absolute atomic E-state index is 11.8. The van der Waals surface area contributed by atoms with Crippen LogP contribution in [0.2, 0.25) is 0 Å². The Hall–Kier alpha value is -2.48. The Kier molecular flexibility index (Phi) is 3.30. The molecule has 3 rings (SSSR count). The van der Waals surface area contributed by atoms with Crippen LogP contribution in [0, 0.1) is 0 Å².